The van der Waals surface area contributed by atoms with Crippen LogP contribution in [0.15, 0.2) is 83.9 Å². The summed E-state index contributed by atoms with van der Waals surface area (Å²) in [6, 6.07) is 21.6. The quantitative estimate of drug-likeness (QED) is 0.253. The molecule has 0 aliphatic carbocycles. The Hall–Kier alpha value is -5.19. The van der Waals surface area contributed by atoms with E-state index in [0.29, 0.717) is 11.3 Å². The van der Waals surface area contributed by atoms with Crippen molar-refractivity contribution >= 4 is 41.2 Å². The Balaban J connectivity index is 1.92. The van der Waals surface area contributed by atoms with Crippen LogP contribution in [0, 0.1) is 0 Å². The Bertz CT molecular complexity index is 1270. The molecule has 0 saturated carbocycles. The number of amides is 3. The number of ether oxygens (including phenoxy) is 3. The lowest BCUT2D eigenvalue weighted by molar-refractivity contribution is -0.118. The zero-order valence-electron chi connectivity index (χ0n) is 20.0. The molecular weight excluding hydrogens is 480 g/mol. The molecule has 0 atom stereocenters. The Labute approximate surface area is 212 Å². The number of rotatable bonds is 7. The molecule has 3 rings (SSSR count). The molecule has 0 spiro atoms. The number of nitrogens with zero attached hydrogens (tertiary/aromatic N) is 1. The molecule has 0 fully saturated rings. The minimum Gasteiger partial charge on any atom is -0.484 e. The van der Waals surface area contributed by atoms with E-state index in [0.717, 1.165) is 14.2 Å². The number of hydrogen-bond acceptors (Lipinski definition) is 8. The Kier molecular flexibility index (Phi) is 9.31. The van der Waals surface area contributed by atoms with Gasteiger partial charge in [-0.15, -0.1) is 0 Å². The summed E-state index contributed by atoms with van der Waals surface area (Å²) < 4.78 is 14.5. The number of carbonyl (C=O) groups is 4. The van der Waals surface area contributed by atoms with Crippen molar-refractivity contribution in [2.24, 2.45) is 4.99 Å². The van der Waals surface area contributed by atoms with E-state index >= 15 is 0 Å². The minimum absolute atomic E-state index is 0.121. The summed E-state index contributed by atoms with van der Waals surface area (Å²) in [5.41, 5.74) is 0.898. The molecule has 3 aromatic carbocycles. The number of ketones is 1. The Morgan fingerprint density at radius 3 is 1.97 bits per heavy atom. The van der Waals surface area contributed by atoms with Gasteiger partial charge in [-0.3, -0.25) is 20.2 Å². The summed E-state index contributed by atoms with van der Waals surface area (Å²) in [5.74, 6) is -0.653. The summed E-state index contributed by atoms with van der Waals surface area (Å²) in [5, 5.41) is 7.17. The van der Waals surface area contributed by atoms with Gasteiger partial charge in [0.2, 0.25) is 5.96 Å². The van der Waals surface area contributed by atoms with Gasteiger partial charge >= 0.3 is 12.2 Å². The number of methoxy groups -OCH3 is 2. The van der Waals surface area contributed by atoms with Gasteiger partial charge in [-0.1, -0.05) is 48.5 Å². The van der Waals surface area contributed by atoms with Gasteiger partial charge in [0, 0.05) is 11.1 Å². The predicted octanol–water partition coefficient (Wildman–Crippen LogP) is 3.63. The lowest BCUT2D eigenvalue weighted by Crippen LogP contribution is -2.43. The molecule has 0 saturated heterocycles. The van der Waals surface area contributed by atoms with E-state index in [2.05, 4.69) is 30.4 Å². The fourth-order valence-corrected chi connectivity index (χ4v) is 3.01. The fraction of sp³-hybridized carbons (Fsp3) is 0.115. The first-order valence-corrected chi connectivity index (χ1v) is 10.9. The average Bonchev–Trinajstić information content (AvgIpc) is 2.93. The van der Waals surface area contributed by atoms with Gasteiger partial charge in [0.25, 0.3) is 5.91 Å². The van der Waals surface area contributed by atoms with Crippen molar-refractivity contribution in [3.05, 3.63) is 90.0 Å². The molecule has 0 aliphatic heterocycles. The van der Waals surface area contributed by atoms with Crippen LogP contribution in [-0.2, 0) is 14.3 Å². The van der Waals surface area contributed by atoms with E-state index in [-0.39, 0.29) is 35.3 Å². The maximum Gasteiger partial charge on any atom is 0.413 e. The molecule has 37 heavy (non-hydrogen) atoms. The van der Waals surface area contributed by atoms with Crippen molar-refractivity contribution in [3.63, 3.8) is 0 Å². The zero-order chi connectivity index (χ0) is 26.6. The molecule has 0 radical (unpaired) electrons. The van der Waals surface area contributed by atoms with Gasteiger partial charge in [0.1, 0.15) is 5.75 Å². The second kappa shape index (κ2) is 13.0. The number of aliphatic imine (C=N–C) groups is 1. The van der Waals surface area contributed by atoms with E-state index in [9.17, 15) is 19.2 Å². The molecule has 0 heterocycles. The van der Waals surface area contributed by atoms with Crippen molar-refractivity contribution in [3.8, 4) is 5.75 Å². The maximum absolute atomic E-state index is 13.3. The molecule has 190 valence electrons. The third-order valence-corrected chi connectivity index (χ3v) is 4.72. The van der Waals surface area contributed by atoms with E-state index in [1.807, 2.05) is 6.07 Å². The van der Waals surface area contributed by atoms with Gasteiger partial charge in [0.05, 0.1) is 25.6 Å². The molecule has 0 aliphatic rings. The first-order valence-electron chi connectivity index (χ1n) is 10.9. The maximum atomic E-state index is 13.3. The number of benzene rings is 3. The van der Waals surface area contributed by atoms with Crippen molar-refractivity contribution < 1.29 is 33.4 Å². The van der Waals surface area contributed by atoms with Crippen LogP contribution in [0.25, 0.3) is 0 Å². The first kappa shape index (κ1) is 26.4. The number of nitrogens with one attached hydrogen (secondary N) is 3. The minimum atomic E-state index is -0.891. The molecule has 3 aromatic rings. The van der Waals surface area contributed by atoms with Gasteiger partial charge in [-0.05, 0) is 30.3 Å². The number of alkyl carbamates (subject to hydrolysis) is 2. The van der Waals surface area contributed by atoms with E-state index in [1.165, 1.54) is 18.2 Å². The van der Waals surface area contributed by atoms with Crippen LogP contribution >= 0.6 is 0 Å². The fourth-order valence-electron chi connectivity index (χ4n) is 3.01. The highest BCUT2D eigenvalue weighted by molar-refractivity contribution is 6.14. The highest BCUT2D eigenvalue weighted by Gasteiger charge is 2.18. The third kappa shape index (κ3) is 7.92. The SMILES string of the molecule is COC(=O)NC(=Nc1ccc(NC(=O)COc2ccccc2)c(C(=O)c2ccccc2)c1)NC(=O)OC. The second-order valence-electron chi connectivity index (χ2n) is 7.27. The van der Waals surface area contributed by atoms with Crippen LogP contribution in [0.5, 0.6) is 5.75 Å². The number of para-hydroxylation sites is 1. The molecule has 0 unspecified atom stereocenters. The largest absolute Gasteiger partial charge is 0.484 e. The van der Waals surface area contributed by atoms with Crippen molar-refractivity contribution in [2.75, 3.05) is 26.1 Å². The van der Waals surface area contributed by atoms with Crippen LogP contribution in [0.2, 0.25) is 0 Å². The highest BCUT2D eigenvalue weighted by atomic mass is 16.5. The molecule has 0 aromatic heterocycles. The first-order chi connectivity index (χ1) is 17.9. The van der Waals surface area contributed by atoms with Crippen LogP contribution in [-0.4, -0.2) is 50.7 Å². The lowest BCUT2D eigenvalue weighted by Gasteiger charge is -2.13. The van der Waals surface area contributed by atoms with Gasteiger partial charge in [0.15, 0.2) is 12.4 Å². The van der Waals surface area contributed by atoms with Crippen molar-refractivity contribution in [1.82, 2.24) is 10.6 Å². The molecular formula is C26H24N4O7. The molecule has 0 bridgehead atoms. The van der Waals surface area contributed by atoms with Crippen LogP contribution in [0.4, 0.5) is 21.0 Å². The normalized spacial score (nSPS) is 9.89. The molecule has 11 nitrogen and oxygen atoms in total. The number of carbonyl (C=O) groups excluding carboxylic acids is 4. The summed E-state index contributed by atoms with van der Waals surface area (Å²) in [6.07, 6.45) is -1.78. The topological polar surface area (TPSA) is 144 Å². The van der Waals surface area contributed by atoms with Crippen LogP contribution < -0.4 is 20.7 Å². The van der Waals surface area contributed by atoms with E-state index in [4.69, 9.17) is 4.74 Å². The predicted molar refractivity (Wildman–Crippen MR) is 135 cm³/mol. The summed E-state index contributed by atoms with van der Waals surface area (Å²) in [6.45, 7) is -0.279. The number of anilines is 1. The van der Waals surface area contributed by atoms with Crippen molar-refractivity contribution in [2.45, 2.75) is 0 Å². The Morgan fingerprint density at radius 2 is 1.38 bits per heavy atom. The van der Waals surface area contributed by atoms with Gasteiger partial charge in [-0.2, -0.15) is 0 Å². The number of hydrogen-bond donors (Lipinski definition) is 3. The van der Waals surface area contributed by atoms with Gasteiger partial charge < -0.3 is 19.5 Å². The second-order valence-corrected chi connectivity index (χ2v) is 7.27. The van der Waals surface area contributed by atoms with E-state index < -0.39 is 18.1 Å². The summed E-state index contributed by atoms with van der Waals surface area (Å²) >= 11 is 0. The summed E-state index contributed by atoms with van der Waals surface area (Å²) in [7, 11) is 2.28. The van der Waals surface area contributed by atoms with Crippen LogP contribution in [0.1, 0.15) is 15.9 Å². The zero-order valence-corrected chi connectivity index (χ0v) is 20.0. The van der Waals surface area contributed by atoms with E-state index in [1.54, 1.807) is 54.6 Å². The molecule has 11 heteroatoms. The number of guanidine groups is 1. The van der Waals surface area contributed by atoms with Crippen molar-refractivity contribution in [1.29, 1.82) is 0 Å². The molecule has 3 N–H and O–H groups in total. The van der Waals surface area contributed by atoms with Crippen LogP contribution in [0.3, 0.4) is 0 Å². The molecule has 3 amide bonds. The lowest BCUT2D eigenvalue weighted by atomic mass is 10.0. The monoisotopic (exact) mass is 504 g/mol. The van der Waals surface area contributed by atoms with Gasteiger partial charge in [-0.25, -0.2) is 14.6 Å². The average molecular weight is 504 g/mol. The smallest absolute Gasteiger partial charge is 0.413 e. The summed E-state index contributed by atoms with van der Waals surface area (Å²) in [4.78, 5) is 53.4. The Morgan fingerprint density at radius 1 is 0.784 bits per heavy atom. The standard InChI is InChI=1S/C26H24N4O7/c1-35-25(33)29-24(30-26(34)36-2)27-18-13-14-21(20(15-18)23(32)17-9-5-3-6-10-17)28-22(31)16-37-19-11-7-4-8-12-19/h3-15H,16H2,1-2H3,(H,28,31)(H2,27,29,30,33,34). The highest BCUT2D eigenvalue weighted by Crippen LogP contribution is 2.25. The third-order valence-electron chi connectivity index (χ3n) is 4.72.